The maximum atomic E-state index is 13.5. The smallest absolute Gasteiger partial charge is 0.262 e. The van der Waals surface area contributed by atoms with Gasteiger partial charge in [-0.1, -0.05) is 30.3 Å². The third-order valence-corrected chi connectivity index (χ3v) is 5.40. The Morgan fingerprint density at radius 1 is 1.19 bits per heavy atom. The average molecular weight is 412 g/mol. The minimum atomic E-state index is -0.156. The van der Waals surface area contributed by atoms with Gasteiger partial charge < -0.3 is 10.6 Å². The topological polar surface area (TPSA) is 101 Å². The number of nitrogens with two attached hydrogens (primary N) is 1. The zero-order valence-corrected chi connectivity index (χ0v) is 17.2. The number of nitrogens with zero attached hydrogens (tertiary/aromatic N) is 5. The van der Waals surface area contributed by atoms with Crippen LogP contribution in [0.5, 0.6) is 0 Å². The Balaban J connectivity index is 1.76. The van der Waals surface area contributed by atoms with Crippen molar-refractivity contribution < 1.29 is 0 Å². The first kappa shape index (κ1) is 20.5. The molecule has 1 unspecified atom stereocenters. The Labute approximate surface area is 181 Å². The lowest BCUT2D eigenvalue weighted by molar-refractivity contribution is 0.490. The molecule has 156 valence electrons. The van der Waals surface area contributed by atoms with Crippen LogP contribution in [0.15, 0.2) is 59.8 Å². The van der Waals surface area contributed by atoms with Gasteiger partial charge in [0.05, 0.1) is 23.7 Å². The second-order valence-electron chi connectivity index (χ2n) is 7.64. The normalized spacial score (nSPS) is 16.4. The Hall–Kier alpha value is -3.76. The SMILES string of the molecule is N#Cc1ccccc1Cn1c(N2CCCC(N)C2)ncc(/C=C/c2cccnc2)c1=O. The van der Waals surface area contributed by atoms with Crippen LogP contribution in [-0.2, 0) is 6.54 Å². The number of rotatable bonds is 5. The number of aromatic nitrogens is 3. The summed E-state index contributed by atoms with van der Waals surface area (Å²) in [5, 5.41) is 9.49. The van der Waals surface area contributed by atoms with Crippen molar-refractivity contribution in [2.24, 2.45) is 5.73 Å². The highest BCUT2D eigenvalue weighted by atomic mass is 16.1. The maximum Gasteiger partial charge on any atom is 0.262 e. The van der Waals surface area contributed by atoms with E-state index in [1.807, 2.05) is 36.4 Å². The Morgan fingerprint density at radius 3 is 2.84 bits per heavy atom. The van der Waals surface area contributed by atoms with E-state index in [4.69, 9.17) is 5.73 Å². The minimum Gasteiger partial charge on any atom is -0.341 e. The van der Waals surface area contributed by atoms with E-state index in [2.05, 4.69) is 20.9 Å². The van der Waals surface area contributed by atoms with Crippen LogP contribution >= 0.6 is 0 Å². The summed E-state index contributed by atoms with van der Waals surface area (Å²) in [4.78, 5) is 24.3. The quantitative estimate of drug-likeness (QED) is 0.691. The molecule has 1 saturated heterocycles. The van der Waals surface area contributed by atoms with E-state index in [9.17, 15) is 10.1 Å². The molecule has 0 aliphatic carbocycles. The number of piperidine rings is 1. The molecule has 3 aromatic rings. The van der Waals surface area contributed by atoms with E-state index in [0.29, 0.717) is 23.6 Å². The van der Waals surface area contributed by atoms with Gasteiger partial charge in [0, 0.05) is 37.7 Å². The highest BCUT2D eigenvalue weighted by Crippen LogP contribution is 2.19. The van der Waals surface area contributed by atoms with Gasteiger partial charge >= 0.3 is 0 Å². The lowest BCUT2D eigenvalue weighted by Gasteiger charge is -2.33. The molecule has 0 spiro atoms. The summed E-state index contributed by atoms with van der Waals surface area (Å²) in [6, 6.07) is 13.4. The molecule has 0 radical (unpaired) electrons. The van der Waals surface area contributed by atoms with Crippen LogP contribution in [0.25, 0.3) is 12.2 Å². The number of hydrogen-bond donors (Lipinski definition) is 1. The maximum absolute atomic E-state index is 13.5. The summed E-state index contributed by atoms with van der Waals surface area (Å²) < 4.78 is 1.65. The zero-order valence-electron chi connectivity index (χ0n) is 17.2. The second-order valence-corrected chi connectivity index (χ2v) is 7.64. The van der Waals surface area contributed by atoms with Gasteiger partial charge in [-0.2, -0.15) is 5.26 Å². The zero-order chi connectivity index (χ0) is 21.6. The predicted molar refractivity (Wildman–Crippen MR) is 121 cm³/mol. The minimum absolute atomic E-state index is 0.0515. The summed E-state index contributed by atoms with van der Waals surface area (Å²) in [5.74, 6) is 0.589. The molecule has 7 heteroatoms. The van der Waals surface area contributed by atoms with Gasteiger partial charge in [-0.05, 0) is 42.2 Å². The average Bonchev–Trinajstić information content (AvgIpc) is 2.80. The van der Waals surface area contributed by atoms with Crippen LogP contribution in [0.4, 0.5) is 5.95 Å². The predicted octanol–water partition coefficient (Wildman–Crippen LogP) is 2.66. The van der Waals surface area contributed by atoms with Gasteiger partial charge in [-0.25, -0.2) is 4.98 Å². The van der Waals surface area contributed by atoms with Crippen molar-refractivity contribution in [1.82, 2.24) is 14.5 Å². The molecule has 0 bridgehead atoms. The lowest BCUT2D eigenvalue weighted by Crippen LogP contribution is -2.45. The van der Waals surface area contributed by atoms with E-state index in [1.54, 1.807) is 35.3 Å². The van der Waals surface area contributed by atoms with Crippen LogP contribution in [0, 0.1) is 11.3 Å². The molecule has 1 aliphatic heterocycles. The monoisotopic (exact) mass is 412 g/mol. The van der Waals surface area contributed by atoms with Crippen molar-refractivity contribution in [3.63, 3.8) is 0 Å². The molecule has 1 fully saturated rings. The largest absolute Gasteiger partial charge is 0.341 e. The van der Waals surface area contributed by atoms with Crippen LogP contribution in [0.3, 0.4) is 0 Å². The number of hydrogen-bond acceptors (Lipinski definition) is 6. The molecule has 3 heterocycles. The van der Waals surface area contributed by atoms with Gasteiger partial charge in [-0.15, -0.1) is 0 Å². The molecule has 1 atom stereocenters. The first-order valence-electron chi connectivity index (χ1n) is 10.3. The van der Waals surface area contributed by atoms with Crippen molar-refractivity contribution in [1.29, 1.82) is 5.26 Å². The molecule has 1 aliphatic rings. The highest BCUT2D eigenvalue weighted by molar-refractivity contribution is 5.68. The number of pyridine rings is 1. The van der Waals surface area contributed by atoms with Gasteiger partial charge in [-0.3, -0.25) is 14.3 Å². The number of anilines is 1. The Bertz CT molecular complexity index is 1180. The molecule has 2 N–H and O–H groups in total. The van der Waals surface area contributed by atoms with Crippen molar-refractivity contribution in [3.8, 4) is 6.07 Å². The molecule has 2 aromatic heterocycles. The van der Waals surface area contributed by atoms with Crippen molar-refractivity contribution in [2.75, 3.05) is 18.0 Å². The van der Waals surface area contributed by atoms with E-state index in [0.717, 1.165) is 30.5 Å². The second kappa shape index (κ2) is 9.37. The summed E-state index contributed by atoms with van der Waals surface area (Å²) in [6.45, 7) is 1.72. The van der Waals surface area contributed by atoms with E-state index in [1.165, 1.54) is 0 Å². The highest BCUT2D eigenvalue weighted by Gasteiger charge is 2.22. The van der Waals surface area contributed by atoms with Gasteiger partial charge in [0.15, 0.2) is 0 Å². The van der Waals surface area contributed by atoms with Crippen molar-refractivity contribution in [2.45, 2.75) is 25.4 Å². The molecule has 4 rings (SSSR count). The molecule has 7 nitrogen and oxygen atoms in total. The van der Waals surface area contributed by atoms with Gasteiger partial charge in [0.1, 0.15) is 0 Å². The summed E-state index contributed by atoms with van der Waals surface area (Å²) >= 11 is 0. The third-order valence-electron chi connectivity index (χ3n) is 5.40. The molecule has 31 heavy (non-hydrogen) atoms. The molecular weight excluding hydrogens is 388 g/mol. The number of benzene rings is 1. The van der Waals surface area contributed by atoms with E-state index in [-0.39, 0.29) is 18.1 Å². The fourth-order valence-corrected chi connectivity index (χ4v) is 3.80. The molecule has 0 saturated carbocycles. The molecule has 1 aromatic carbocycles. The van der Waals surface area contributed by atoms with Crippen molar-refractivity contribution in [3.05, 3.63) is 87.6 Å². The fraction of sp³-hybridized carbons (Fsp3) is 0.250. The first-order chi connectivity index (χ1) is 15.2. The Kier molecular flexibility index (Phi) is 6.20. The van der Waals surface area contributed by atoms with Crippen LogP contribution in [-0.4, -0.2) is 33.7 Å². The third kappa shape index (κ3) is 4.71. The molecular formula is C24H24N6O. The lowest BCUT2D eigenvalue weighted by atomic mass is 10.1. The summed E-state index contributed by atoms with van der Waals surface area (Å²) in [5.41, 5.74) is 8.72. The number of nitriles is 1. The van der Waals surface area contributed by atoms with Crippen LogP contribution in [0.2, 0.25) is 0 Å². The first-order valence-corrected chi connectivity index (χ1v) is 10.3. The summed E-state index contributed by atoms with van der Waals surface area (Å²) in [6.07, 6.45) is 10.6. The molecule has 0 amide bonds. The Morgan fingerprint density at radius 2 is 2.06 bits per heavy atom. The summed E-state index contributed by atoms with van der Waals surface area (Å²) in [7, 11) is 0. The fourth-order valence-electron chi connectivity index (χ4n) is 3.80. The van der Waals surface area contributed by atoms with E-state index >= 15 is 0 Å². The van der Waals surface area contributed by atoms with Gasteiger partial charge in [0.25, 0.3) is 5.56 Å². The van der Waals surface area contributed by atoms with Gasteiger partial charge in [0.2, 0.25) is 5.95 Å². The standard InChI is InChI=1S/C24H24N6O/c25-13-19-6-1-2-7-21(19)16-30-23(31)20(10-9-18-5-3-11-27-14-18)15-28-24(30)29-12-4-8-22(26)17-29/h1-3,5-7,9-11,14-15,22H,4,8,12,16-17,26H2/b10-9+. The van der Waals surface area contributed by atoms with Crippen LogP contribution < -0.4 is 16.2 Å². The van der Waals surface area contributed by atoms with Crippen LogP contribution in [0.1, 0.15) is 35.1 Å². The van der Waals surface area contributed by atoms with Crippen molar-refractivity contribution >= 4 is 18.1 Å². The van der Waals surface area contributed by atoms with E-state index < -0.39 is 0 Å².